The number of alkyl halides is 2. The lowest BCUT2D eigenvalue weighted by atomic mass is 10.1. The molecule has 0 atom stereocenters. The van der Waals surface area contributed by atoms with Crippen LogP contribution < -0.4 is 10.9 Å². The molecule has 142 valence electrons. The second kappa shape index (κ2) is 6.97. The summed E-state index contributed by atoms with van der Waals surface area (Å²) >= 11 is 1.01. The standard InChI is InChI=1S/C18H13F2N5O2S/c1-9-13(14-21-6-7-25(14)17(19)20)28-18(22-9)24-16(27)11-8-10-4-2-3-5-12(10)23-15(11)26/h2-8,17H,1H3,(H,23,26)(H,22,24,27). The van der Waals surface area contributed by atoms with Crippen molar-refractivity contribution >= 4 is 33.3 Å². The van der Waals surface area contributed by atoms with Crippen molar-refractivity contribution in [2.24, 2.45) is 0 Å². The van der Waals surface area contributed by atoms with Crippen LogP contribution >= 0.6 is 11.3 Å². The number of para-hydroxylation sites is 1. The van der Waals surface area contributed by atoms with Crippen LogP contribution in [0.15, 0.2) is 47.5 Å². The van der Waals surface area contributed by atoms with E-state index in [2.05, 4.69) is 20.3 Å². The number of aromatic amines is 1. The third-order valence-corrected chi connectivity index (χ3v) is 5.17. The second-order valence-corrected chi connectivity index (χ2v) is 6.92. The van der Waals surface area contributed by atoms with Gasteiger partial charge in [-0.25, -0.2) is 9.97 Å². The zero-order valence-electron chi connectivity index (χ0n) is 14.4. The summed E-state index contributed by atoms with van der Waals surface area (Å²) in [5.74, 6) is -0.571. The molecule has 0 aliphatic heterocycles. The van der Waals surface area contributed by atoms with Gasteiger partial charge in [-0.3, -0.25) is 19.5 Å². The molecule has 2 N–H and O–H groups in total. The Hall–Kier alpha value is -3.40. The van der Waals surface area contributed by atoms with Gasteiger partial charge in [0.2, 0.25) is 0 Å². The normalized spacial score (nSPS) is 11.3. The van der Waals surface area contributed by atoms with Gasteiger partial charge in [-0.05, 0) is 24.4 Å². The SMILES string of the molecule is Cc1nc(NC(=O)c2cc3ccccc3[nH]c2=O)sc1-c1nccn1C(F)F. The number of carbonyl (C=O) groups excluding carboxylic acids is 1. The maximum atomic E-state index is 13.1. The summed E-state index contributed by atoms with van der Waals surface area (Å²) in [5.41, 5.74) is 0.469. The molecule has 3 heterocycles. The van der Waals surface area contributed by atoms with Crippen LogP contribution in [-0.4, -0.2) is 25.4 Å². The molecule has 7 nitrogen and oxygen atoms in total. The quantitative estimate of drug-likeness (QED) is 0.544. The molecule has 0 radical (unpaired) electrons. The highest BCUT2D eigenvalue weighted by Gasteiger charge is 2.20. The van der Waals surface area contributed by atoms with E-state index in [4.69, 9.17) is 0 Å². The summed E-state index contributed by atoms with van der Waals surface area (Å²) < 4.78 is 26.9. The van der Waals surface area contributed by atoms with Crippen molar-refractivity contribution < 1.29 is 13.6 Å². The van der Waals surface area contributed by atoms with Gasteiger partial charge in [-0.15, -0.1) is 0 Å². The predicted molar refractivity (Wildman–Crippen MR) is 102 cm³/mol. The largest absolute Gasteiger partial charge is 0.321 e. The molecule has 0 fully saturated rings. The van der Waals surface area contributed by atoms with Gasteiger partial charge in [-0.1, -0.05) is 29.5 Å². The van der Waals surface area contributed by atoms with Crippen molar-refractivity contribution in [3.05, 3.63) is 64.3 Å². The van der Waals surface area contributed by atoms with Crippen LogP contribution in [0.2, 0.25) is 0 Å². The summed E-state index contributed by atoms with van der Waals surface area (Å²) in [6.07, 6.45) is 2.44. The van der Waals surface area contributed by atoms with Crippen LogP contribution in [0.4, 0.5) is 13.9 Å². The molecule has 10 heteroatoms. The number of nitrogens with one attached hydrogen (secondary N) is 2. The first-order chi connectivity index (χ1) is 13.4. The first-order valence-electron chi connectivity index (χ1n) is 8.16. The van der Waals surface area contributed by atoms with Gasteiger partial charge in [-0.2, -0.15) is 8.78 Å². The molecule has 1 aromatic carbocycles. The number of benzene rings is 1. The lowest BCUT2D eigenvalue weighted by Crippen LogP contribution is -2.22. The van der Waals surface area contributed by atoms with E-state index in [-0.39, 0.29) is 16.5 Å². The molecular weight excluding hydrogens is 388 g/mol. The molecule has 4 rings (SSSR count). The highest BCUT2D eigenvalue weighted by molar-refractivity contribution is 7.19. The van der Waals surface area contributed by atoms with Gasteiger partial charge in [0.15, 0.2) is 11.0 Å². The molecule has 4 aromatic rings. The smallest absolute Gasteiger partial charge is 0.320 e. The Bertz CT molecular complexity index is 1240. The minimum atomic E-state index is -2.74. The van der Waals surface area contributed by atoms with Gasteiger partial charge in [0.25, 0.3) is 11.5 Å². The van der Waals surface area contributed by atoms with Crippen LogP contribution in [0.3, 0.4) is 0 Å². The highest BCUT2D eigenvalue weighted by Crippen LogP contribution is 2.33. The molecule has 0 spiro atoms. The number of hydrogen-bond acceptors (Lipinski definition) is 5. The Labute approximate surface area is 160 Å². The summed E-state index contributed by atoms with van der Waals surface area (Å²) in [4.78, 5) is 36.0. The Balaban J connectivity index is 1.65. The fourth-order valence-electron chi connectivity index (χ4n) is 2.78. The first kappa shape index (κ1) is 18.0. The molecule has 0 aliphatic rings. The number of rotatable bonds is 4. The van der Waals surface area contributed by atoms with E-state index in [0.717, 1.165) is 15.9 Å². The molecule has 0 saturated carbocycles. The molecular formula is C18H13F2N5O2S. The van der Waals surface area contributed by atoms with Crippen LogP contribution in [0.25, 0.3) is 21.6 Å². The van der Waals surface area contributed by atoms with Crippen LogP contribution in [-0.2, 0) is 0 Å². The average Bonchev–Trinajstić information content (AvgIpc) is 3.27. The number of carbonyl (C=O) groups is 1. The minimum Gasteiger partial charge on any atom is -0.321 e. The van der Waals surface area contributed by atoms with E-state index < -0.39 is 18.0 Å². The Morgan fingerprint density at radius 1 is 1.32 bits per heavy atom. The average molecular weight is 401 g/mol. The summed E-state index contributed by atoms with van der Waals surface area (Å²) in [6.45, 7) is -1.11. The van der Waals surface area contributed by atoms with Crippen molar-refractivity contribution in [3.8, 4) is 10.7 Å². The molecule has 28 heavy (non-hydrogen) atoms. The van der Waals surface area contributed by atoms with Crippen molar-refractivity contribution in [1.29, 1.82) is 0 Å². The maximum absolute atomic E-state index is 13.1. The van der Waals surface area contributed by atoms with Gasteiger partial charge >= 0.3 is 6.55 Å². The van der Waals surface area contributed by atoms with Crippen molar-refractivity contribution in [3.63, 3.8) is 0 Å². The van der Waals surface area contributed by atoms with E-state index in [0.29, 0.717) is 21.5 Å². The molecule has 0 saturated heterocycles. The number of H-pyrrole nitrogens is 1. The van der Waals surface area contributed by atoms with Crippen molar-refractivity contribution in [2.75, 3.05) is 5.32 Å². The van der Waals surface area contributed by atoms with E-state index >= 15 is 0 Å². The fraction of sp³-hybridized carbons (Fsp3) is 0.111. The van der Waals surface area contributed by atoms with E-state index in [1.807, 2.05) is 0 Å². The van der Waals surface area contributed by atoms with Gasteiger partial charge in [0.1, 0.15) is 5.56 Å². The number of thiazole rings is 1. The molecule has 3 aromatic heterocycles. The number of imidazole rings is 1. The summed E-state index contributed by atoms with van der Waals surface area (Å²) in [6, 6.07) is 8.58. The summed E-state index contributed by atoms with van der Waals surface area (Å²) in [7, 11) is 0. The zero-order valence-corrected chi connectivity index (χ0v) is 15.3. The van der Waals surface area contributed by atoms with Crippen molar-refractivity contribution in [1.82, 2.24) is 19.5 Å². The first-order valence-corrected chi connectivity index (χ1v) is 8.98. The molecule has 0 aliphatic carbocycles. The molecule has 0 bridgehead atoms. The number of amides is 1. The zero-order chi connectivity index (χ0) is 19.8. The molecule has 1 amide bonds. The monoisotopic (exact) mass is 401 g/mol. The van der Waals surface area contributed by atoms with Crippen LogP contribution in [0.5, 0.6) is 0 Å². The molecule has 0 unspecified atom stereocenters. The third-order valence-electron chi connectivity index (χ3n) is 4.10. The second-order valence-electron chi connectivity index (χ2n) is 5.92. The Morgan fingerprint density at radius 3 is 2.89 bits per heavy atom. The number of anilines is 1. The van der Waals surface area contributed by atoms with E-state index in [1.165, 1.54) is 18.5 Å². The minimum absolute atomic E-state index is 0.0639. The number of aryl methyl sites for hydroxylation is 1. The topological polar surface area (TPSA) is 92.7 Å². The van der Waals surface area contributed by atoms with Crippen LogP contribution in [0.1, 0.15) is 22.6 Å². The summed E-state index contributed by atoms with van der Waals surface area (Å²) in [5, 5.41) is 3.46. The van der Waals surface area contributed by atoms with E-state index in [9.17, 15) is 18.4 Å². The fourth-order valence-corrected chi connectivity index (χ4v) is 3.75. The predicted octanol–water partition coefficient (Wildman–Crippen LogP) is 3.80. The van der Waals surface area contributed by atoms with Crippen LogP contribution in [0, 0.1) is 6.92 Å². The number of pyridine rings is 1. The number of nitrogens with zero attached hydrogens (tertiary/aromatic N) is 3. The Kier molecular flexibility index (Phi) is 4.47. The van der Waals surface area contributed by atoms with E-state index in [1.54, 1.807) is 31.2 Å². The number of halogens is 2. The van der Waals surface area contributed by atoms with Gasteiger partial charge < -0.3 is 4.98 Å². The third kappa shape index (κ3) is 3.18. The highest BCUT2D eigenvalue weighted by atomic mass is 32.1. The maximum Gasteiger partial charge on any atom is 0.320 e. The lowest BCUT2D eigenvalue weighted by molar-refractivity contribution is 0.0720. The Morgan fingerprint density at radius 2 is 2.11 bits per heavy atom. The van der Waals surface area contributed by atoms with Gasteiger partial charge in [0, 0.05) is 17.9 Å². The van der Waals surface area contributed by atoms with Crippen molar-refractivity contribution in [2.45, 2.75) is 13.5 Å². The number of hydrogen-bond donors (Lipinski definition) is 2. The van der Waals surface area contributed by atoms with Gasteiger partial charge in [0.05, 0.1) is 10.6 Å². The lowest BCUT2D eigenvalue weighted by Gasteiger charge is -2.04. The number of fused-ring (bicyclic) bond motifs is 1. The number of aromatic nitrogens is 4.